The number of thioether (sulfide) groups is 1. The van der Waals surface area contributed by atoms with Crippen LogP contribution in [0.5, 0.6) is 0 Å². The molecule has 0 aromatic heterocycles. The summed E-state index contributed by atoms with van der Waals surface area (Å²) in [5.41, 5.74) is 2.63. The molecule has 16 heavy (non-hydrogen) atoms. The van der Waals surface area contributed by atoms with Crippen LogP contribution in [0.25, 0.3) is 0 Å². The van der Waals surface area contributed by atoms with E-state index >= 15 is 0 Å². The van der Waals surface area contributed by atoms with Gasteiger partial charge >= 0.3 is 0 Å². The monoisotopic (exact) mass is 292 g/mol. The molecule has 0 saturated heterocycles. The Morgan fingerprint density at radius 2 is 1.56 bits per heavy atom. The Morgan fingerprint density at radius 3 is 2.25 bits per heavy atom. The van der Waals surface area contributed by atoms with Crippen molar-refractivity contribution >= 4 is 27.7 Å². The maximum Gasteiger partial charge on any atom is 0.0655 e. The Kier molecular flexibility index (Phi) is 4.08. The van der Waals surface area contributed by atoms with Crippen molar-refractivity contribution in [3.63, 3.8) is 0 Å². The number of rotatable bonds is 3. The zero-order valence-corrected chi connectivity index (χ0v) is 11.5. The maximum atomic E-state index is 3.77. The Balaban J connectivity index is 2.37. The fourth-order valence-corrected chi connectivity index (χ4v) is 3.17. The topological polar surface area (TPSA) is 0 Å². The van der Waals surface area contributed by atoms with Gasteiger partial charge in [0.15, 0.2) is 0 Å². The third kappa shape index (κ3) is 2.50. The second kappa shape index (κ2) is 5.55. The highest BCUT2D eigenvalue weighted by Gasteiger charge is 2.12. The second-order valence-corrected chi connectivity index (χ2v) is 5.28. The molecule has 0 amide bonds. The van der Waals surface area contributed by atoms with Crippen LogP contribution in [-0.2, 0) is 0 Å². The lowest BCUT2D eigenvalue weighted by Gasteiger charge is -2.14. The van der Waals surface area contributed by atoms with E-state index in [1.54, 1.807) is 11.8 Å². The van der Waals surface area contributed by atoms with E-state index in [1.807, 2.05) is 6.07 Å². The van der Waals surface area contributed by atoms with E-state index in [1.165, 1.54) is 16.0 Å². The summed E-state index contributed by atoms with van der Waals surface area (Å²) in [5.74, 6) is 0. The van der Waals surface area contributed by atoms with E-state index < -0.39 is 0 Å². The van der Waals surface area contributed by atoms with Gasteiger partial charge < -0.3 is 0 Å². The van der Waals surface area contributed by atoms with Crippen LogP contribution in [0, 0.1) is 0 Å². The van der Waals surface area contributed by atoms with Gasteiger partial charge in [0.1, 0.15) is 0 Å². The standard InChI is InChI=1S/C14H13BrS/c1-16-13-10-6-5-9-12(13)14(15)11-7-3-2-4-8-11/h2-10,14H,1H3. The van der Waals surface area contributed by atoms with E-state index in [0.29, 0.717) is 0 Å². The first-order valence-electron chi connectivity index (χ1n) is 5.15. The molecule has 0 spiro atoms. The Labute approximate surface area is 109 Å². The van der Waals surface area contributed by atoms with Gasteiger partial charge in [-0.3, -0.25) is 0 Å². The van der Waals surface area contributed by atoms with Crippen LogP contribution >= 0.6 is 27.7 Å². The van der Waals surface area contributed by atoms with E-state index in [0.717, 1.165) is 0 Å². The molecular formula is C14H13BrS. The first-order valence-corrected chi connectivity index (χ1v) is 7.29. The number of alkyl halides is 1. The smallest absolute Gasteiger partial charge is 0.0655 e. The summed E-state index contributed by atoms with van der Waals surface area (Å²) in [7, 11) is 0. The summed E-state index contributed by atoms with van der Waals surface area (Å²) in [6, 6.07) is 19.0. The van der Waals surface area contributed by atoms with Crippen molar-refractivity contribution in [1.29, 1.82) is 0 Å². The molecule has 0 aliphatic rings. The number of halogens is 1. The summed E-state index contributed by atoms with van der Waals surface area (Å²) in [5, 5.41) is 0. The summed E-state index contributed by atoms with van der Waals surface area (Å²) in [6.07, 6.45) is 2.11. The maximum absolute atomic E-state index is 3.77. The Hall–Kier alpha value is -0.730. The van der Waals surface area contributed by atoms with Gasteiger partial charge in [-0.2, -0.15) is 0 Å². The minimum Gasteiger partial charge on any atom is -0.129 e. The summed E-state index contributed by atoms with van der Waals surface area (Å²) >= 11 is 5.56. The van der Waals surface area contributed by atoms with Crippen LogP contribution in [0.2, 0.25) is 0 Å². The quantitative estimate of drug-likeness (QED) is 0.573. The van der Waals surface area contributed by atoms with Crippen molar-refractivity contribution in [1.82, 2.24) is 0 Å². The molecule has 0 aliphatic heterocycles. The average Bonchev–Trinajstić information content (AvgIpc) is 2.39. The summed E-state index contributed by atoms with van der Waals surface area (Å²) in [6.45, 7) is 0. The normalized spacial score (nSPS) is 12.4. The molecule has 1 atom stereocenters. The van der Waals surface area contributed by atoms with Crippen molar-refractivity contribution < 1.29 is 0 Å². The van der Waals surface area contributed by atoms with Crippen LogP contribution in [0.1, 0.15) is 16.0 Å². The molecule has 82 valence electrons. The van der Waals surface area contributed by atoms with Crippen LogP contribution in [0.3, 0.4) is 0 Å². The van der Waals surface area contributed by atoms with Crippen molar-refractivity contribution in [3.8, 4) is 0 Å². The molecule has 0 fully saturated rings. The fraction of sp³-hybridized carbons (Fsp3) is 0.143. The Bertz CT molecular complexity index is 453. The zero-order chi connectivity index (χ0) is 11.4. The average molecular weight is 293 g/mol. The highest BCUT2D eigenvalue weighted by atomic mass is 79.9. The van der Waals surface area contributed by atoms with Gasteiger partial charge in [-0.1, -0.05) is 64.5 Å². The van der Waals surface area contributed by atoms with Crippen LogP contribution < -0.4 is 0 Å². The SMILES string of the molecule is CSc1ccccc1C(Br)c1ccccc1. The third-order valence-corrected chi connectivity index (χ3v) is 4.34. The minimum atomic E-state index is 0.275. The molecule has 2 heteroatoms. The second-order valence-electron chi connectivity index (χ2n) is 3.52. The lowest BCUT2D eigenvalue weighted by atomic mass is 10.1. The largest absolute Gasteiger partial charge is 0.129 e. The first kappa shape index (κ1) is 11.7. The van der Waals surface area contributed by atoms with Crippen LogP contribution in [0.15, 0.2) is 59.5 Å². The fourth-order valence-electron chi connectivity index (χ4n) is 1.68. The molecule has 2 rings (SSSR count). The molecule has 2 aromatic rings. The van der Waals surface area contributed by atoms with E-state index in [4.69, 9.17) is 0 Å². The highest BCUT2D eigenvalue weighted by Crippen LogP contribution is 2.35. The van der Waals surface area contributed by atoms with Crippen LogP contribution in [0.4, 0.5) is 0 Å². The van der Waals surface area contributed by atoms with Gasteiger partial charge in [0.2, 0.25) is 0 Å². The van der Waals surface area contributed by atoms with Crippen molar-refractivity contribution in [2.45, 2.75) is 9.72 Å². The van der Waals surface area contributed by atoms with Gasteiger partial charge in [-0.15, -0.1) is 11.8 Å². The first-order chi connectivity index (χ1) is 7.83. The van der Waals surface area contributed by atoms with Crippen molar-refractivity contribution in [2.24, 2.45) is 0 Å². The van der Waals surface area contributed by atoms with E-state index in [9.17, 15) is 0 Å². The number of hydrogen-bond donors (Lipinski definition) is 0. The summed E-state index contributed by atoms with van der Waals surface area (Å²) in [4.78, 5) is 1.60. The summed E-state index contributed by atoms with van der Waals surface area (Å²) < 4.78 is 0. The van der Waals surface area contributed by atoms with Crippen molar-refractivity contribution in [2.75, 3.05) is 6.26 Å². The molecular weight excluding hydrogens is 280 g/mol. The number of benzene rings is 2. The molecule has 0 radical (unpaired) electrons. The molecule has 0 saturated carbocycles. The van der Waals surface area contributed by atoms with E-state index in [-0.39, 0.29) is 4.83 Å². The Morgan fingerprint density at radius 1 is 0.938 bits per heavy atom. The minimum absolute atomic E-state index is 0.275. The lowest BCUT2D eigenvalue weighted by Crippen LogP contribution is -1.94. The predicted molar refractivity (Wildman–Crippen MR) is 75.4 cm³/mol. The third-order valence-electron chi connectivity index (χ3n) is 2.50. The van der Waals surface area contributed by atoms with Crippen molar-refractivity contribution in [3.05, 3.63) is 65.7 Å². The van der Waals surface area contributed by atoms with E-state index in [2.05, 4.69) is 70.7 Å². The molecule has 1 unspecified atom stereocenters. The molecule has 2 aromatic carbocycles. The lowest BCUT2D eigenvalue weighted by molar-refractivity contribution is 1.12. The molecule has 0 aliphatic carbocycles. The molecule has 0 nitrogen and oxygen atoms in total. The predicted octanol–water partition coefficient (Wildman–Crippen LogP) is 4.89. The van der Waals surface area contributed by atoms with Crippen LogP contribution in [-0.4, -0.2) is 6.26 Å². The van der Waals surface area contributed by atoms with Gasteiger partial charge in [-0.25, -0.2) is 0 Å². The van der Waals surface area contributed by atoms with Gasteiger partial charge in [0.25, 0.3) is 0 Å². The van der Waals surface area contributed by atoms with Gasteiger partial charge in [0, 0.05) is 4.90 Å². The van der Waals surface area contributed by atoms with Gasteiger partial charge in [-0.05, 0) is 23.4 Å². The highest BCUT2D eigenvalue weighted by molar-refractivity contribution is 9.09. The zero-order valence-electron chi connectivity index (χ0n) is 9.06. The molecule has 0 bridgehead atoms. The molecule has 0 N–H and O–H groups in total. The van der Waals surface area contributed by atoms with Gasteiger partial charge in [0.05, 0.1) is 4.83 Å². The number of hydrogen-bond acceptors (Lipinski definition) is 1. The molecule has 0 heterocycles.